The first-order valence-corrected chi connectivity index (χ1v) is 7.25. The van der Waals surface area contributed by atoms with Gasteiger partial charge in [0.15, 0.2) is 0 Å². The van der Waals surface area contributed by atoms with Gasteiger partial charge >= 0.3 is 0 Å². The van der Waals surface area contributed by atoms with E-state index in [1.807, 2.05) is 24.3 Å². The van der Waals surface area contributed by atoms with Crippen LogP contribution >= 0.6 is 0 Å². The van der Waals surface area contributed by atoms with E-state index in [2.05, 4.69) is 24.1 Å². The third kappa shape index (κ3) is 4.53. The van der Waals surface area contributed by atoms with Crippen molar-refractivity contribution in [2.45, 2.75) is 32.9 Å². The molecule has 1 aromatic heterocycles. The summed E-state index contributed by atoms with van der Waals surface area (Å²) in [6.07, 6.45) is 3.89. The molecule has 0 aliphatic carbocycles. The molecule has 1 unspecified atom stereocenters. The van der Waals surface area contributed by atoms with Crippen molar-refractivity contribution in [1.82, 2.24) is 10.3 Å². The van der Waals surface area contributed by atoms with E-state index >= 15 is 0 Å². The number of hydrogen-bond acceptors (Lipinski definition) is 3. The number of nitrogens with one attached hydrogen (secondary N) is 1. The Morgan fingerprint density at radius 1 is 1.29 bits per heavy atom. The van der Waals surface area contributed by atoms with E-state index in [9.17, 15) is 4.39 Å². The molecule has 21 heavy (non-hydrogen) atoms. The third-order valence-corrected chi connectivity index (χ3v) is 3.24. The zero-order valence-corrected chi connectivity index (χ0v) is 12.5. The van der Waals surface area contributed by atoms with Crippen molar-refractivity contribution in [3.8, 4) is 5.75 Å². The highest BCUT2D eigenvalue weighted by atomic mass is 19.1. The predicted octanol–water partition coefficient (Wildman–Crippen LogP) is 3.86. The summed E-state index contributed by atoms with van der Waals surface area (Å²) in [7, 11) is 0. The van der Waals surface area contributed by atoms with Crippen LogP contribution in [0, 0.1) is 5.82 Å². The van der Waals surface area contributed by atoms with Crippen molar-refractivity contribution in [3.05, 3.63) is 59.7 Å². The molecular weight excluding hydrogens is 267 g/mol. The van der Waals surface area contributed by atoms with Crippen LogP contribution in [0.25, 0.3) is 0 Å². The van der Waals surface area contributed by atoms with Gasteiger partial charge in [0.1, 0.15) is 18.2 Å². The molecule has 112 valence electrons. The monoisotopic (exact) mass is 288 g/mol. The molecule has 1 heterocycles. The minimum absolute atomic E-state index is 0.215. The quantitative estimate of drug-likeness (QED) is 0.840. The van der Waals surface area contributed by atoms with E-state index < -0.39 is 0 Å². The molecular formula is C17H21FN2O. The van der Waals surface area contributed by atoms with E-state index in [-0.39, 0.29) is 11.9 Å². The van der Waals surface area contributed by atoms with Gasteiger partial charge in [-0.1, -0.05) is 25.1 Å². The van der Waals surface area contributed by atoms with Crippen molar-refractivity contribution in [3.63, 3.8) is 0 Å². The first-order valence-electron chi connectivity index (χ1n) is 7.25. The molecule has 0 spiro atoms. The number of aromatic nitrogens is 1. The van der Waals surface area contributed by atoms with Crippen LogP contribution in [0.1, 0.15) is 37.4 Å². The molecule has 0 fully saturated rings. The normalized spacial score (nSPS) is 12.1. The number of benzene rings is 1. The van der Waals surface area contributed by atoms with E-state index in [4.69, 9.17) is 4.74 Å². The Morgan fingerprint density at radius 2 is 2.10 bits per heavy atom. The van der Waals surface area contributed by atoms with Gasteiger partial charge < -0.3 is 10.1 Å². The Kier molecular flexibility index (Phi) is 5.69. The molecule has 1 aromatic carbocycles. The van der Waals surface area contributed by atoms with Crippen LogP contribution in [0.2, 0.25) is 0 Å². The summed E-state index contributed by atoms with van der Waals surface area (Å²) in [6, 6.07) is 9.57. The van der Waals surface area contributed by atoms with Gasteiger partial charge in [-0.25, -0.2) is 4.39 Å². The van der Waals surface area contributed by atoms with Crippen LogP contribution in [0.5, 0.6) is 5.75 Å². The fourth-order valence-electron chi connectivity index (χ4n) is 2.14. The first kappa shape index (κ1) is 15.4. The highest BCUT2D eigenvalue weighted by Crippen LogP contribution is 2.25. The smallest absolute Gasteiger partial charge is 0.141 e. The standard InChI is InChI=1S/C17H21FN2O/c1-3-8-20-13(2)16-6-4-5-7-17(16)21-12-14-9-15(18)11-19-10-14/h4-7,9-11,13,20H,3,8,12H2,1-2H3. The van der Waals surface area contributed by atoms with Crippen LogP contribution in [-0.2, 0) is 6.61 Å². The second-order valence-corrected chi connectivity index (χ2v) is 5.01. The maximum Gasteiger partial charge on any atom is 0.141 e. The largest absolute Gasteiger partial charge is 0.489 e. The predicted molar refractivity (Wildman–Crippen MR) is 81.7 cm³/mol. The zero-order valence-electron chi connectivity index (χ0n) is 12.5. The average molecular weight is 288 g/mol. The summed E-state index contributed by atoms with van der Waals surface area (Å²) in [5, 5.41) is 3.44. The topological polar surface area (TPSA) is 34.1 Å². The number of pyridine rings is 1. The molecule has 0 saturated heterocycles. The first-order chi connectivity index (χ1) is 10.2. The Bertz CT molecular complexity index is 574. The molecule has 2 aromatic rings. The van der Waals surface area contributed by atoms with E-state index in [1.54, 1.807) is 6.20 Å². The molecule has 0 amide bonds. The highest BCUT2D eigenvalue weighted by Gasteiger charge is 2.10. The van der Waals surface area contributed by atoms with Crippen molar-refractivity contribution in [2.24, 2.45) is 0 Å². The second kappa shape index (κ2) is 7.74. The summed E-state index contributed by atoms with van der Waals surface area (Å²) >= 11 is 0. The van der Waals surface area contributed by atoms with Crippen molar-refractivity contribution < 1.29 is 9.13 Å². The van der Waals surface area contributed by atoms with Gasteiger partial charge in [-0.2, -0.15) is 0 Å². The fourth-order valence-corrected chi connectivity index (χ4v) is 2.14. The van der Waals surface area contributed by atoms with Gasteiger partial charge in [-0.3, -0.25) is 4.98 Å². The summed E-state index contributed by atoms with van der Waals surface area (Å²) in [4.78, 5) is 3.83. The number of para-hydroxylation sites is 1. The Morgan fingerprint density at radius 3 is 2.86 bits per heavy atom. The van der Waals surface area contributed by atoms with Gasteiger partial charge in [0, 0.05) is 23.4 Å². The van der Waals surface area contributed by atoms with Gasteiger partial charge in [-0.15, -0.1) is 0 Å². The van der Waals surface area contributed by atoms with Gasteiger partial charge in [0.2, 0.25) is 0 Å². The molecule has 2 rings (SSSR count). The summed E-state index contributed by atoms with van der Waals surface area (Å²) in [5.74, 6) is 0.472. The fraction of sp³-hybridized carbons (Fsp3) is 0.353. The molecule has 0 bridgehead atoms. The van der Waals surface area contributed by atoms with Crippen LogP contribution in [0.4, 0.5) is 4.39 Å². The van der Waals surface area contributed by atoms with Gasteiger partial charge in [-0.05, 0) is 32.0 Å². The van der Waals surface area contributed by atoms with Crippen molar-refractivity contribution in [1.29, 1.82) is 0 Å². The van der Waals surface area contributed by atoms with Crippen molar-refractivity contribution in [2.75, 3.05) is 6.54 Å². The molecule has 1 N–H and O–H groups in total. The maximum atomic E-state index is 13.1. The number of hydrogen-bond donors (Lipinski definition) is 1. The Labute approximate surface area is 125 Å². The van der Waals surface area contributed by atoms with Crippen LogP contribution in [0.3, 0.4) is 0 Å². The number of ether oxygens (including phenoxy) is 1. The zero-order chi connectivity index (χ0) is 15.1. The lowest BCUT2D eigenvalue weighted by Crippen LogP contribution is -2.20. The second-order valence-electron chi connectivity index (χ2n) is 5.01. The molecule has 3 nitrogen and oxygen atoms in total. The lowest BCUT2D eigenvalue weighted by Gasteiger charge is -2.18. The SMILES string of the molecule is CCCNC(C)c1ccccc1OCc1cncc(F)c1. The minimum atomic E-state index is -0.345. The molecule has 0 saturated carbocycles. The summed E-state index contributed by atoms with van der Waals surface area (Å²) in [5.41, 5.74) is 1.83. The van der Waals surface area contributed by atoms with E-state index in [0.717, 1.165) is 29.8 Å². The lowest BCUT2D eigenvalue weighted by atomic mass is 10.1. The highest BCUT2D eigenvalue weighted by molar-refractivity contribution is 5.35. The van der Waals surface area contributed by atoms with Gasteiger partial charge in [0.25, 0.3) is 0 Å². The summed E-state index contributed by atoms with van der Waals surface area (Å²) < 4.78 is 18.9. The number of halogens is 1. The number of nitrogens with zero attached hydrogens (tertiary/aromatic N) is 1. The number of rotatable bonds is 7. The molecule has 1 atom stereocenters. The lowest BCUT2D eigenvalue weighted by molar-refractivity contribution is 0.298. The van der Waals surface area contributed by atoms with Crippen LogP contribution in [0.15, 0.2) is 42.7 Å². The average Bonchev–Trinajstić information content (AvgIpc) is 2.51. The molecule has 0 radical (unpaired) electrons. The van der Waals surface area contributed by atoms with Crippen LogP contribution in [-0.4, -0.2) is 11.5 Å². The Hall–Kier alpha value is -1.94. The van der Waals surface area contributed by atoms with E-state index in [0.29, 0.717) is 6.61 Å². The third-order valence-electron chi connectivity index (χ3n) is 3.24. The molecule has 0 aliphatic rings. The summed E-state index contributed by atoms with van der Waals surface area (Å²) in [6.45, 7) is 5.52. The van der Waals surface area contributed by atoms with Crippen molar-refractivity contribution >= 4 is 0 Å². The van der Waals surface area contributed by atoms with Crippen LogP contribution < -0.4 is 10.1 Å². The van der Waals surface area contributed by atoms with Gasteiger partial charge in [0.05, 0.1) is 6.20 Å². The maximum absolute atomic E-state index is 13.1. The molecule has 0 aliphatic heterocycles. The Balaban J connectivity index is 2.06. The molecule has 4 heteroatoms. The minimum Gasteiger partial charge on any atom is -0.489 e. The van der Waals surface area contributed by atoms with E-state index in [1.165, 1.54) is 12.3 Å².